The van der Waals surface area contributed by atoms with Gasteiger partial charge in [-0.2, -0.15) is 0 Å². The Bertz CT molecular complexity index is 540. The second-order valence-corrected chi connectivity index (χ2v) is 4.72. The molecule has 0 bridgehead atoms. The number of hydrogen-bond acceptors (Lipinski definition) is 3. The lowest BCUT2D eigenvalue weighted by molar-refractivity contribution is 0.0889. The largest absolute Gasteiger partial charge is 0.491 e. The summed E-state index contributed by atoms with van der Waals surface area (Å²) < 4.78 is 11.1. The SMILES string of the molecule is NC(=S)c1ccc(OCCOCc2ccccc2)cc1. The van der Waals surface area contributed by atoms with E-state index in [4.69, 9.17) is 27.4 Å². The van der Waals surface area contributed by atoms with Gasteiger partial charge in [-0.15, -0.1) is 0 Å². The van der Waals surface area contributed by atoms with Crippen molar-refractivity contribution in [2.24, 2.45) is 5.73 Å². The summed E-state index contributed by atoms with van der Waals surface area (Å²) in [7, 11) is 0. The van der Waals surface area contributed by atoms with E-state index in [1.165, 1.54) is 0 Å². The van der Waals surface area contributed by atoms with Crippen molar-refractivity contribution < 1.29 is 9.47 Å². The molecule has 0 saturated carbocycles. The molecule has 0 aliphatic rings. The van der Waals surface area contributed by atoms with E-state index >= 15 is 0 Å². The first-order chi connectivity index (χ1) is 9.75. The van der Waals surface area contributed by atoms with Crippen molar-refractivity contribution in [3.8, 4) is 5.75 Å². The summed E-state index contributed by atoms with van der Waals surface area (Å²) in [6.07, 6.45) is 0. The van der Waals surface area contributed by atoms with Crippen LogP contribution in [0.25, 0.3) is 0 Å². The van der Waals surface area contributed by atoms with E-state index < -0.39 is 0 Å². The van der Waals surface area contributed by atoms with Crippen molar-refractivity contribution in [3.63, 3.8) is 0 Å². The highest BCUT2D eigenvalue weighted by Crippen LogP contribution is 2.12. The van der Waals surface area contributed by atoms with Gasteiger partial charge in [0.1, 0.15) is 17.3 Å². The number of rotatable bonds is 7. The van der Waals surface area contributed by atoms with Gasteiger partial charge in [0.15, 0.2) is 0 Å². The Hall–Kier alpha value is -1.91. The van der Waals surface area contributed by atoms with Crippen LogP contribution in [0.4, 0.5) is 0 Å². The summed E-state index contributed by atoms with van der Waals surface area (Å²) in [4.78, 5) is 0.391. The molecule has 0 aromatic heterocycles. The van der Waals surface area contributed by atoms with E-state index in [0.29, 0.717) is 24.8 Å². The van der Waals surface area contributed by atoms with Crippen LogP contribution in [0.3, 0.4) is 0 Å². The van der Waals surface area contributed by atoms with Crippen molar-refractivity contribution >= 4 is 17.2 Å². The molecule has 20 heavy (non-hydrogen) atoms. The molecule has 0 unspecified atom stereocenters. The van der Waals surface area contributed by atoms with Gasteiger partial charge in [-0.05, 0) is 29.8 Å². The van der Waals surface area contributed by atoms with Gasteiger partial charge in [-0.1, -0.05) is 42.5 Å². The van der Waals surface area contributed by atoms with Gasteiger partial charge in [0.2, 0.25) is 0 Å². The van der Waals surface area contributed by atoms with Crippen molar-refractivity contribution in [2.75, 3.05) is 13.2 Å². The molecule has 0 aliphatic carbocycles. The average Bonchev–Trinajstić information content (AvgIpc) is 2.48. The smallest absolute Gasteiger partial charge is 0.119 e. The Morgan fingerprint density at radius 2 is 1.65 bits per heavy atom. The first kappa shape index (κ1) is 14.5. The van der Waals surface area contributed by atoms with E-state index in [1.807, 2.05) is 54.6 Å². The van der Waals surface area contributed by atoms with Crippen LogP contribution in [0.1, 0.15) is 11.1 Å². The Morgan fingerprint density at radius 3 is 2.30 bits per heavy atom. The maximum absolute atomic E-state index is 5.57. The quantitative estimate of drug-likeness (QED) is 0.628. The lowest BCUT2D eigenvalue weighted by Crippen LogP contribution is -2.09. The molecular weight excluding hydrogens is 270 g/mol. The van der Waals surface area contributed by atoms with E-state index in [-0.39, 0.29) is 0 Å². The molecule has 0 atom stereocenters. The van der Waals surface area contributed by atoms with Crippen LogP contribution in [-0.2, 0) is 11.3 Å². The van der Waals surface area contributed by atoms with Crippen molar-refractivity contribution in [1.82, 2.24) is 0 Å². The number of thiocarbonyl (C=S) groups is 1. The molecule has 0 radical (unpaired) electrons. The van der Waals surface area contributed by atoms with Gasteiger partial charge in [0.25, 0.3) is 0 Å². The van der Waals surface area contributed by atoms with Gasteiger partial charge >= 0.3 is 0 Å². The zero-order chi connectivity index (χ0) is 14.2. The molecule has 2 rings (SSSR count). The van der Waals surface area contributed by atoms with Gasteiger partial charge in [0.05, 0.1) is 13.2 Å². The summed E-state index contributed by atoms with van der Waals surface area (Å²) >= 11 is 4.89. The molecule has 3 nitrogen and oxygen atoms in total. The number of ether oxygens (including phenoxy) is 2. The number of hydrogen-bond donors (Lipinski definition) is 1. The van der Waals surface area contributed by atoms with Gasteiger partial charge in [-0.3, -0.25) is 0 Å². The van der Waals surface area contributed by atoms with Crippen molar-refractivity contribution in [1.29, 1.82) is 0 Å². The van der Waals surface area contributed by atoms with Crippen LogP contribution in [0.15, 0.2) is 54.6 Å². The molecule has 2 aromatic rings. The van der Waals surface area contributed by atoms with Crippen LogP contribution in [0, 0.1) is 0 Å². The van der Waals surface area contributed by atoms with Gasteiger partial charge in [-0.25, -0.2) is 0 Å². The van der Waals surface area contributed by atoms with Crippen LogP contribution >= 0.6 is 12.2 Å². The zero-order valence-corrected chi connectivity index (χ0v) is 11.9. The predicted octanol–water partition coefficient (Wildman–Crippen LogP) is 2.92. The highest BCUT2D eigenvalue weighted by atomic mass is 32.1. The third-order valence-corrected chi connectivity index (χ3v) is 2.98. The maximum Gasteiger partial charge on any atom is 0.119 e. The molecule has 0 saturated heterocycles. The van der Waals surface area contributed by atoms with E-state index in [2.05, 4.69) is 0 Å². The van der Waals surface area contributed by atoms with Crippen LogP contribution < -0.4 is 10.5 Å². The Kier molecular flexibility index (Phi) is 5.53. The summed E-state index contributed by atoms with van der Waals surface area (Å²) in [6, 6.07) is 17.5. The zero-order valence-electron chi connectivity index (χ0n) is 11.1. The normalized spacial score (nSPS) is 10.2. The van der Waals surface area contributed by atoms with Crippen LogP contribution in [0.2, 0.25) is 0 Å². The summed E-state index contributed by atoms with van der Waals surface area (Å²) in [5.74, 6) is 0.785. The Balaban J connectivity index is 1.67. The second kappa shape index (κ2) is 7.62. The summed E-state index contributed by atoms with van der Waals surface area (Å²) in [5.41, 5.74) is 7.53. The Morgan fingerprint density at radius 1 is 0.950 bits per heavy atom. The highest BCUT2D eigenvalue weighted by Gasteiger charge is 1.98. The fourth-order valence-electron chi connectivity index (χ4n) is 1.70. The first-order valence-electron chi connectivity index (χ1n) is 6.40. The van der Waals surface area contributed by atoms with Gasteiger partial charge in [0, 0.05) is 5.56 Å². The van der Waals surface area contributed by atoms with Crippen LogP contribution in [0.5, 0.6) is 5.75 Å². The minimum absolute atomic E-state index is 0.391. The summed E-state index contributed by atoms with van der Waals surface area (Å²) in [6.45, 7) is 1.66. The van der Waals surface area contributed by atoms with Crippen molar-refractivity contribution in [3.05, 3.63) is 65.7 Å². The maximum atomic E-state index is 5.57. The minimum atomic E-state index is 0.391. The minimum Gasteiger partial charge on any atom is -0.491 e. The third kappa shape index (κ3) is 4.64. The fourth-order valence-corrected chi connectivity index (χ4v) is 1.83. The summed E-state index contributed by atoms with van der Waals surface area (Å²) in [5, 5.41) is 0. The molecule has 4 heteroatoms. The topological polar surface area (TPSA) is 44.5 Å². The lowest BCUT2D eigenvalue weighted by atomic mass is 10.2. The second-order valence-electron chi connectivity index (χ2n) is 4.28. The molecule has 0 fully saturated rings. The van der Waals surface area contributed by atoms with E-state index in [0.717, 1.165) is 16.9 Å². The first-order valence-corrected chi connectivity index (χ1v) is 6.81. The predicted molar refractivity (Wildman–Crippen MR) is 83.9 cm³/mol. The van der Waals surface area contributed by atoms with E-state index in [1.54, 1.807) is 0 Å². The highest BCUT2D eigenvalue weighted by molar-refractivity contribution is 7.80. The molecule has 2 aromatic carbocycles. The molecule has 0 spiro atoms. The van der Waals surface area contributed by atoms with E-state index in [9.17, 15) is 0 Å². The number of benzene rings is 2. The van der Waals surface area contributed by atoms with Gasteiger partial charge < -0.3 is 15.2 Å². The number of nitrogens with two attached hydrogens (primary N) is 1. The molecule has 0 aliphatic heterocycles. The third-order valence-electron chi connectivity index (χ3n) is 2.75. The monoisotopic (exact) mass is 287 g/mol. The van der Waals surface area contributed by atoms with Crippen LogP contribution in [-0.4, -0.2) is 18.2 Å². The molecule has 0 heterocycles. The van der Waals surface area contributed by atoms with Crippen molar-refractivity contribution in [2.45, 2.75) is 6.61 Å². The lowest BCUT2D eigenvalue weighted by Gasteiger charge is -2.08. The Labute approximate surface area is 124 Å². The molecule has 0 amide bonds. The fraction of sp³-hybridized carbons (Fsp3) is 0.188. The standard InChI is InChI=1S/C16H17NO2S/c17-16(20)14-6-8-15(9-7-14)19-11-10-18-12-13-4-2-1-3-5-13/h1-9H,10-12H2,(H2,17,20). The molecular formula is C16H17NO2S. The molecule has 2 N–H and O–H groups in total. The average molecular weight is 287 g/mol. The molecule has 104 valence electrons.